The highest BCUT2D eigenvalue weighted by Gasteiger charge is 2.36. The van der Waals surface area contributed by atoms with Crippen molar-refractivity contribution < 1.29 is 14.6 Å². The number of phenolic OH excluding ortho intramolecular Hbond substituents is 1. The first-order valence-corrected chi connectivity index (χ1v) is 5.48. The number of nitrogens with one attached hydrogen (secondary N) is 1. The molecule has 0 aliphatic rings. The maximum absolute atomic E-state index is 11.7. The molecule has 0 aliphatic carbocycles. The number of rotatable bonds is 4. The first-order chi connectivity index (χ1) is 7.93. The summed E-state index contributed by atoms with van der Waals surface area (Å²) < 4.78 is 4.78. The Morgan fingerprint density at radius 1 is 1.35 bits per heavy atom. The molecule has 4 heteroatoms. The van der Waals surface area contributed by atoms with Crippen molar-refractivity contribution in [2.24, 2.45) is 0 Å². The Labute approximate surface area is 102 Å². The van der Waals surface area contributed by atoms with Crippen molar-refractivity contribution in [3.05, 3.63) is 29.8 Å². The molecule has 2 N–H and O–H groups in total. The van der Waals surface area contributed by atoms with Crippen LogP contribution in [0.4, 0.5) is 0 Å². The molecule has 94 valence electrons. The van der Waals surface area contributed by atoms with Crippen LogP contribution in [-0.4, -0.2) is 31.3 Å². The summed E-state index contributed by atoms with van der Waals surface area (Å²) in [5.41, 5.74) is 0.537. The minimum absolute atomic E-state index is 0.212. The topological polar surface area (TPSA) is 58.6 Å². The van der Waals surface area contributed by atoms with Gasteiger partial charge in [0.2, 0.25) is 0 Å². The molecular weight excluding hydrogens is 218 g/mol. The number of esters is 1. The van der Waals surface area contributed by atoms with Crippen LogP contribution in [0, 0.1) is 0 Å². The molecule has 1 atom stereocenters. The summed E-state index contributed by atoms with van der Waals surface area (Å²) in [6, 6.07) is 6.41. The standard InChI is InChI=1S/C13H19NO3/c1-13(2,11(14-3)12(16)17-4)9-5-7-10(15)8-6-9/h5-8,11,14-15H,1-4H3. The predicted octanol–water partition coefficient (Wildman–Crippen LogP) is 1.43. The Balaban J connectivity index is 3.07. The SMILES string of the molecule is CNC(C(=O)OC)C(C)(C)c1ccc(O)cc1. The number of carbonyl (C=O) groups is 1. The number of likely N-dealkylation sites (N-methyl/N-ethyl adjacent to an activating group) is 1. The molecule has 0 spiro atoms. The van der Waals surface area contributed by atoms with Gasteiger partial charge in [0.05, 0.1) is 7.11 Å². The van der Waals surface area contributed by atoms with Crippen LogP contribution < -0.4 is 5.32 Å². The van der Waals surface area contributed by atoms with Crippen molar-refractivity contribution >= 4 is 5.97 Å². The van der Waals surface area contributed by atoms with E-state index in [1.165, 1.54) is 7.11 Å². The van der Waals surface area contributed by atoms with E-state index in [1.54, 1.807) is 19.2 Å². The number of phenols is 1. The second-order valence-corrected chi connectivity index (χ2v) is 4.51. The zero-order chi connectivity index (χ0) is 13.1. The van der Waals surface area contributed by atoms with Gasteiger partial charge in [0, 0.05) is 5.41 Å². The van der Waals surface area contributed by atoms with Gasteiger partial charge in [-0.3, -0.25) is 4.79 Å². The van der Waals surface area contributed by atoms with Crippen molar-refractivity contribution in [3.8, 4) is 5.75 Å². The van der Waals surface area contributed by atoms with Gasteiger partial charge in [-0.1, -0.05) is 26.0 Å². The van der Waals surface area contributed by atoms with Crippen LogP contribution in [0.25, 0.3) is 0 Å². The molecule has 0 radical (unpaired) electrons. The van der Waals surface area contributed by atoms with Crippen LogP contribution in [0.15, 0.2) is 24.3 Å². The lowest BCUT2D eigenvalue weighted by Crippen LogP contribution is -2.49. The number of hydrogen-bond acceptors (Lipinski definition) is 4. The van der Waals surface area contributed by atoms with Crippen molar-refractivity contribution in [3.63, 3.8) is 0 Å². The molecule has 0 amide bonds. The molecular formula is C13H19NO3. The van der Waals surface area contributed by atoms with Crippen LogP contribution in [-0.2, 0) is 14.9 Å². The van der Waals surface area contributed by atoms with E-state index >= 15 is 0 Å². The number of methoxy groups -OCH3 is 1. The number of hydrogen-bond donors (Lipinski definition) is 2. The van der Waals surface area contributed by atoms with Gasteiger partial charge in [0.1, 0.15) is 11.8 Å². The maximum atomic E-state index is 11.7. The van der Waals surface area contributed by atoms with E-state index in [-0.39, 0.29) is 11.7 Å². The van der Waals surface area contributed by atoms with Gasteiger partial charge >= 0.3 is 5.97 Å². The Bertz CT molecular complexity index is 384. The lowest BCUT2D eigenvalue weighted by Gasteiger charge is -2.32. The van der Waals surface area contributed by atoms with Crippen LogP contribution in [0.5, 0.6) is 5.75 Å². The van der Waals surface area contributed by atoms with Crippen LogP contribution >= 0.6 is 0 Å². The van der Waals surface area contributed by atoms with E-state index in [9.17, 15) is 9.90 Å². The molecule has 0 aliphatic heterocycles. The fourth-order valence-corrected chi connectivity index (χ4v) is 1.95. The molecule has 0 saturated carbocycles. The highest BCUT2D eigenvalue weighted by molar-refractivity contribution is 5.78. The molecule has 0 bridgehead atoms. The fraction of sp³-hybridized carbons (Fsp3) is 0.462. The van der Waals surface area contributed by atoms with E-state index in [0.29, 0.717) is 0 Å². The molecule has 1 unspecified atom stereocenters. The molecule has 17 heavy (non-hydrogen) atoms. The fourth-order valence-electron chi connectivity index (χ4n) is 1.95. The third-order valence-electron chi connectivity index (χ3n) is 3.06. The van der Waals surface area contributed by atoms with Gasteiger partial charge < -0.3 is 15.2 Å². The number of benzene rings is 1. The summed E-state index contributed by atoms with van der Waals surface area (Å²) in [5.74, 6) is -0.0887. The van der Waals surface area contributed by atoms with Gasteiger partial charge in [0.25, 0.3) is 0 Å². The monoisotopic (exact) mass is 237 g/mol. The van der Waals surface area contributed by atoms with E-state index in [4.69, 9.17) is 4.74 Å². The Kier molecular flexibility index (Phi) is 4.12. The van der Waals surface area contributed by atoms with Gasteiger partial charge in [0.15, 0.2) is 0 Å². The molecule has 0 aromatic heterocycles. The Morgan fingerprint density at radius 3 is 2.29 bits per heavy atom. The number of aromatic hydroxyl groups is 1. The summed E-state index contributed by atoms with van der Waals surface area (Å²) in [6.07, 6.45) is 0. The molecule has 0 heterocycles. The predicted molar refractivity (Wildman–Crippen MR) is 66.0 cm³/mol. The van der Waals surface area contributed by atoms with Crippen molar-refractivity contribution in [1.82, 2.24) is 5.32 Å². The third kappa shape index (κ3) is 2.77. The molecule has 1 aromatic rings. The van der Waals surface area contributed by atoms with Gasteiger partial charge in [-0.15, -0.1) is 0 Å². The summed E-state index contributed by atoms with van der Waals surface area (Å²) in [5, 5.41) is 12.2. The first-order valence-electron chi connectivity index (χ1n) is 5.48. The second-order valence-electron chi connectivity index (χ2n) is 4.51. The highest BCUT2D eigenvalue weighted by Crippen LogP contribution is 2.29. The highest BCUT2D eigenvalue weighted by atomic mass is 16.5. The summed E-state index contributed by atoms with van der Waals surface area (Å²) >= 11 is 0. The summed E-state index contributed by atoms with van der Waals surface area (Å²) in [7, 11) is 3.10. The van der Waals surface area contributed by atoms with E-state index in [0.717, 1.165) is 5.56 Å². The minimum Gasteiger partial charge on any atom is -0.508 e. The first kappa shape index (κ1) is 13.5. The van der Waals surface area contributed by atoms with Gasteiger partial charge in [-0.2, -0.15) is 0 Å². The van der Waals surface area contributed by atoms with E-state index in [2.05, 4.69) is 5.32 Å². The van der Waals surface area contributed by atoms with Crippen molar-refractivity contribution in [2.75, 3.05) is 14.2 Å². The molecule has 0 fully saturated rings. The van der Waals surface area contributed by atoms with E-state index in [1.807, 2.05) is 26.0 Å². The van der Waals surface area contributed by atoms with E-state index < -0.39 is 11.5 Å². The largest absolute Gasteiger partial charge is 0.508 e. The zero-order valence-electron chi connectivity index (χ0n) is 10.7. The van der Waals surface area contributed by atoms with Crippen LogP contribution in [0.1, 0.15) is 19.4 Å². The van der Waals surface area contributed by atoms with Crippen LogP contribution in [0.3, 0.4) is 0 Å². The molecule has 0 saturated heterocycles. The van der Waals surface area contributed by atoms with Gasteiger partial charge in [-0.25, -0.2) is 0 Å². The average Bonchev–Trinajstić information content (AvgIpc) is 2.29. The summed E-state index contributed by atoms with van der Waals surface area (Å²) in [4.78, 5) is 11.7. The summed E-state index contributed by atoms with van der Waals surface area (Å²) in [6.45, 7) is 3.91. The molecule has 1 aromatic carbocycles. The molecule has 1 rings (SSSR count). The number of carbonyl (C=O) groups excluding carboxylic acids is 1. The van der Waals surface area contributed by atoms with Crippen molar-refractivity contribution in [1.29, 1.82) is 0 Å². The smallest absolute Gasteiger partial charge is 0.323 e. The minimum atomic E-state index is -0.433. The maximum Gasteiger partial charge on any atom is 0.323 e. The lowest BCUT2D eigenvalue weighted by atomic mass is 9.77. The average molecular weight is 237 g/mol. The normalized spacial score (nSPS) is 13.2. The van der Waals surface area contributed by atoms with Crippen molar-refractivity contribution in [2.45, 2.75) is 25.3 Å². The Morgan fingerprint density at radius 2 is 1.88 bits per heavy atom. The quantitative estimate of drug-likeness (QED) is 0.778. The third-order valence-corrected chi connectivity index (χ3v) is 3.06. The van der Waals surface area contributed by atoms with Gasteiger partial charge in [-0.05, 0) is 24.7 Å². The van der Waals surface area contributed by atoms with Crippen LogP contribution in [0.2, 0.25) is 0 Å². The second kappa shape index (κ2) is 5.19. The zero-order valence-corrected chi connectivity index (χ0v) is 10.7. The Hall–Kier alpha value is -1.55. The lowest BCUT2D eigenvalue weighted by molar-refractivity contribution is -0.144. The molecule has 4 nitrogen and oxygen atoms in total. The number of ether oxygens (including phenoxy) is 1.